The Hall–Kier alpha value is -2.46. The second kappa shape index (κ2) is 8.27. The lowest BCUT2D eigenvalue weighted by Crippen LogP contribution is -2.45. The van der Waals surface area contributed by atoms with Crippen LogP contribution in [0.2, 0.25) is 0 Å². The zero-order chi connectivity index (χ0) is 19.5. The van der Waals surface area contributed by atoms with Crippen molar-refractivity contribution in [2.24, 2.45) is 0 Å². The van der Waals surface area contributed by atoms with E-state index in [4.69, 9.17) is 0 Å². The summed E-state index contributed by atoms with van der Waals surface area (Å²) in [4.78, 5) is 23.2. The van der Waals surface area contributed by atoms with Crippen molar-refractivity contribution in [3.05, 3.63) is 24.4 Å². The summed E-state index contributed by atoms with van der Waals surface area (Å²) in [5.41, 5.74) is 2.33. The van der Waals surface area contributed by atoms with Crippen molar-refractivity contribution in [1.29, 1.82) is 0 Å². The molecule has 0 spiro atoms. The van der Waals surface area contributed by atoms with Gasteiger partial charge in [-0.1, -0.05) is 12.8 Å². The van der Waals surface area contributed by atoms with Crippen LogP contribution in [0.25, 0.3) is 11.0 Å². The van der Waals surface area contributed by atoms with Gasteiger partial charge in [-0.3, -0.25) is 10.3 Å². The summed E-state index contributed by atoms with van der Waals surface area (Å²) in [6, 6.07) is 5.52. The van der Waals surface area contributed by atoms with Crippen molar-refractivity contribution in [2.75, 3.05) is 36.4 Å². The number of carbonyl (C=O) groups excluding carboxylic acids is 1. The van der Waals surface area contributed by atoms with Crippen molar-refractivity contribution in [2.45, 2.75) is 31.7 Å². The van der Waals surface area contributed by atoms with Gasteiger partial charge in [0.05, 0.1) is 22.9 Å². The molecule has 10 heteroatoms. The highest BCUT2D eigenvalue weighted by Crippen LogP contribution is 2.22. The van der Waals surface area contributed by atoms with Crippen LogP contribution >= 0.6 is 0 Å². The second-order valence-electron chi connectivity index (χ2n) is 7.19. The Labute approximate surface area is 165 Å². The first-order valence-electron chi connectivity index (χ1n) is 9.57. The summed E-state index contributed by atoms with van der Waals surface area (Å²) >= 11 is 0. The average molecular weight is 404 g/mol. The van der Waals surface area contributed by atoms with Crippen LogP contribution in [-0.2, 0) is 10.9 Å². The molecule has 2 aliphatic rings. The summed E-state index contributed by atoms with van der Waals surface area (Å²) < 4.78 is 23.6. The lowest BCUT2D eigenvalue weighted by molar-refractivity contribution is 0.248. The lowest BCUT2D eigenvalue weighted by atomic mass is 10.2. The van der Waals surface area contributed by atoms with Gasteiger partial charge in [0.25, 0.3) is 0 Å². The average Bonchev–Trinajstić information content (AvgIpc) is 3.20. The van der Waals surface area contributed by atoms with Gasteiger partial charge < -0.3 is 10.2 Å². The fourth-order valence-corrected chi connectivity index (χ4v) is 4.27. The molecule has 0 unspecified atom stereocenters. The molecule has 9 nitrogen and oxygen atoms in total. The van der Waals surface area contributed by atoms with Crippen LogP contribution in [0.3, 0.4) is 0 Å². The number of amides is 2. The van der Waals surface area contributed by atoms with E-state index in [1.54, 1.807) is 12.3 Å². The van der Waals surface area contributed by atoms with E-state index >= 15 is 0 Å². The van der Waals surface area contributed by atoms with E-state index in [1.807, 2.05) is 12.1 Å². The van der Waals surface area contributed by atoms with Crippen LogP contribution in [0.15, 0.2) is 24.4 Å². The Balaban J connectivity index is 1.45. The Morgan fingerprint density at radius 3 is 2.54 bits per heavy atom. The minimum Gasteiger partial charge on any atom is -0.368 e. The van der Waals surface area contributed by atoms with Gasteiger partial charge in [0.1, 0.15) is 5.82 Å². The zero-order valence-electron chi connectivity index (χ0n) is 15.5. The van der Waals surface area contributed by atoms with Crippen LogP contribution < -0.4 is 15.5 Å². The Morgan fingerprint density at radius 1 is 1.07 bits per heavy atom. The van der Waals surface area contributed by atoms with Gasteiger partial charge >= 0.3 is 6.03 Å². The summed E-state index contributed by atoms with van der Waals surface area (Å²) in [5.74, 6) is 0.482. The van der Waals surface area contributed by atoms with E-state index in [1.165, 1.54) is 4.31 Å². The van der Waals surface area contributed by atoms with Crippen molar-refractivity contribution in [1.82, 2.24) is 19.6 Å². The maximum atomic E-state index is 12.2. The van der Waals surface area contributed by atoms with Gasteiger partial charge in [0, 0.05) is 32.2 Å². The topological polar surface area (TPSA) is 108 Å². The normalized spacial score (nSPS) is 18.7. The van der Waals surface area contributed by atoms with E-state index < -0.39 is 10.9 Å². The standard InChI is InChI=1S/C18H24N6O3S/c25-18(20-13-3-1-2-4-13)22-17-6-5-15-16(21-17)11-14(12-19-15)23-7-9-24(10-8-23)28(26)27/h5-6,11-13,28H,1-4,7-10H2,(H2,20,21,22,25). The van der Waals surface area contributed by atoms with E-state index in [-0.39, 0.29) is 12.1 Å². The number of piperazine rings is 1. The Morgan fingerprint density at radius 2 is 1.82 bits per heavy atom. The molecule has 150 valence electrons. The van der Waals surface area contributed by atoms with Crippen LogP contribution in [-0.4, -0.2) is 60.9 Å². The number of rotatable bonds is 4. The number of urea groups is 1. The number of hydrogen-bond acceptors (Lipinski definition) is 6. The van der Waals surface area contributed by atoms with Crippen molar-refractivity contribution >= 4 is 39.5 Å². The molecule has 0 bridgehead atoms. The molecule has 2 fully saturated rings. The van der Waals surface area contributed by atoms with Gasteiger partial charge in [-0.2, -0.15) is 0 Å². The van der Waals surface area contributed by atoms with E-state index in [0.717, 1.165) is 36.9 Å². The van der Waals surface area contributed by atoms with Crippen molar-refractivity contribution in [3.8, 4) is 0 Å². The zero-order valence-corrected chi connectivity index (χ0v) is 16.4. The largest absolute Gasteiger partial charge is 0.368 e. The first-order valence-corrected chi connectivity index (χ1v) is 10.7. The molecule has 2 amide bonds. The number of anilines is 2. The molecule has 2 aromatic heterocycles. The molecular formula is C18H24N6O3S. The fourth-order valence-electron chi connectivity index (χ4n) is 3.76. The van der Waals surface area contributed by atoms with E-state index in [2.05, 4.69) is 25.5 Å². The molecule has 1 saturated carbocycles. The molecule has 0 atom stereocenters. The molecular weight excluding hydrogens is 380 g/mol. The minimum atomic E-state index is -2.52. The molecule has 28 heavy (non-hydrogen) atoms. The highest BCUT2D eigenvalue weighted by atomic mass is 32.2. The highest BCUT2D eigenvalue weighted by molar-refractivity contribution is 7.69. The van der Waals surface area contributed by atoms with Crippen LogP contribution in [0, 0.1) is 0 Å². The van der Waals surface area contributed by atoms with Gasteiger partial charge in [-0.25, -0.2) is 22.5 Å². The number of aromatic nitrogens is 2. The molecule has 4 rings (SSSR count). The summed E-state index contributed by atoms with van der Waals surface area (Å²) in [7, 11) is -2.52. The summed E-state index contributed by atoms with van der Waals surface area (Å²) in [6.07, 6.45) is 6.15. The quantitative estimate of drug-likeness (QED) is 0.664. The minimum absolute atomic E-state index is 0.231. The third kappa shape index (κ3) is 4.33. The molecule has 1 aliphatic heterocycles. The SMILES string of the molecule is O=C(Nc1ccc2ncc(N3CCN([SH](=O)=O)CC3)cc2n1)NC1CCCC1. The van der Waals surface area contributed by atoms with Gasteiger partial charge in [0.2, 0.25) is 10.9 Å². The number of hydrogen-bond donors (Lipinski definition) is 3. The van der Waals surface area contributed by atoms with Gasteiger partial charge in [-0.05, 0) is 31.0 Å². The van der Waals surface area contributed by atoms with E-state index in [0.29, 0.717) is 37.5 Å². The van der Waals surface area contributed by atoms with Crippen LogP contribution in [0.5, 0.6) is 0 Å². The smallest absolute Gasteiger partial charge is 0.320 e. The number of fused-ring (bicyclic) bond motifs is 1. The molecule has 0 radical (unpaired) electrons. The number of nitrogens with one attached hydrogen (secondary N) is 2. The number of nitrogens with zero attached hydrogens (tertiary/aromatic N) is 4. The monoisotopic (exact) mass is 404 g/mol. The molecule has 1 saturated heterocycles. The predicted molar refractivity (Wildman–Crippen MR) is 108 cm³/mol. The molecule has 0 aromatic carbocycles. The Bertz CT molecular complexity index is 928. The van der Waals surface area contributed by atoms with E-state index in [9.17, 15) is 13.2 Å². The number of pyridine rings is 2. The lowest BCUT2D eigenvalue weighted by Gasteiger charge is -2.32. The maximum Gasteiger partial charge on any atom is 0.320 e. The molecule has 2 aromatic rings. The van der Waals surface area contributed by atoms with Gasteiger partial charge in [-0.15, -0.1) is 0 Å². The molecule has 3 heterocycles. The molecule has 2 N–H and O–H groups in total. The van der Waals surface area contributed by atoms with Crippen LogP contribution in [0.1, 0.15) is 25.7 Å². The second-order valence-corrected chi connectivity index (χ2v) is 8.23. The van der Waals surface area contributed by atoms with Crippen molar-refractivity contribution < 1.29 is 13.2 Å². The van der Waals surface area contributed by atoms with Crippen LogP contribution in [0.4, 0.5) is 16.3 Å². The highest BCUT2D eigenvalue weighted by Gasteiger charge is 2.20. The predicted octanol–water partition coefficient (Wildman–Crippen LogP) is 1.34. The van der Waals surface area contributed by atoms with Crippen molar-refractivity contribution in [3.63, 3.8) is 0 Å². The third-order valence-electron chi connectivity index (χ3n) is 5.31. The summed E-state index contributed by atoms with van der Waals surface area (Å²) in [6.45, 7) is 2.15. The number of thiol groups is 1. The third-order valence-corrected chi connectivity index (χ3v) is 6.17. The Kier molecular flexibility index (Phi) is 5.58. The summed E-state index contributed by atoms with van der Waals surface area (Å²) in [5, 5.41) is 5.79. The molecule has 1 aliphatic carbocycles. The maximum absolute atomic E-state index is 12.2. The van der Waals surface area contributed by atoms with Gasteiger partial charge in [0.15, 0.2) is 0 Å². The number of carbonyl (C=O) groups is 1. The first-order chi connectivity index (χ1) is 13.6. The first kappa shape index (κ1) is 18.9. The fraction of sp³-hybridized carbons (Fsp3) is 0.500.